The van der Waals surface area contributed by atoms with Gasteiger partial charge in [0.05, 0.1) is 0 Å². The first-order chi connectivity index (χ1) is 8.86. The second-order valence-corrected chi connectivity index (χ2v) is 8.36. The van der Waals surface area contributed by atoms with Gasteiger partial charge in [-0.05, 0) is 32.5 Å². The highest BCUT2D eigenvalue weighted by Gasteiger charge is 2.33. The van der Waals surface area contributed by atoms with E-state index in [0.717, 1.165) is 23.5 Å². The van der Waals surface area contributed by atoms with Crippen LogP contribution in [0.1, 0.15) is 17.4 Å². The van der Waals surface area contributed by atoms with Gasteiger partial charge in [0.1, 0.15) is 4.21 Å². The molecule has 1 aliphatic rings. The van der Waals surface area contributed by atoms with Gasteiger partial charge in [-0.1, -0.05) is 0 Å². The summed E-state index contributed by atoms with van der Waals surface area (Å²) in [7, 11) is -1.36. The first-order valence-corrected chi connectivity index (χ1v) is 8.61. The van der Waals surface area contributed by atoms with Crippen molar-refractivity contribution in [2.45, 2.75) is 30.6 Å². The average Bonchev–Trinajstić information content (AvgIpc) is 2.70. The lowest BCUT2D eigenvalue weighted by Gasteiger charge is -2.36. The number of likely N-dealkylation sites (N-methyl/N-ethyl adjacent to an activating group) is 1. The zero-order valence-electron chi connectivity index (χ0n) is 11.6. The molecule has 1 unspecified atom stereocenters. The van der Waals surface area contributed by atoms with Crippen LogP contribution in [0.25, 0.3) is 0 Å². The number of sulfonamides is 1. The largest absolute Gasteiger partial charge is 0.326 e. The highest BCUT2D eigenvalue weighted by Crippen LogP contribution is 2.29. The third-order valence-corrected chi connectivity index (χ3v) is 7.24. The number of nitrogens with zero attached hydrogens (tertiary/aromatic N) is 2. The van der Waals surface area contributed by atoms with Crippen LogP contribution in [-0.4, -0.2) is 50.3 Å². The van der Waals surface area contributed by atoms with Crippen LogP contribution < -0.4 is 5.73 Å². The molecule has 7 heteroatoms. The van der Waals surface area contributed by atoms with E-state index in [9.17, 15) is 8.42 Å². The van der Waals surface area contributed by atoms with Crippen molar-refractivity contribution in [1.82, 2.24) is 9.21 Å². The van der Waals surface area contributed by atoms with Gasteiger partial charge in [0, 0.05) is 37.1 Å². The second-order valence-electron chi connectivity index (χ2n) is 5.10. The Morgan fingerprint density at radius 3 is 2.68 bits per heavy atom. The van der Waals surface area contributed by atoms with E-state index in [1.54, 1.807) is 10.4 Å². The van der Waals surface area contributed by atoms with Gasteiger partial charge in [-0.15, -0.1) is 11.3 Å². The SMILES string of the molecule is Cc1cc(S(=O)(=O)N2CCN(C)CC2C)sc1CN. The van der Waals surface area contributed by atoms with E-state index < -0.39 is 10.0 Å². The van der Waals surface area contributed by atoms with Crippen molar-refractivity contribution in [1.29, 1.82) is 0 Å². The van der Waals surface area contributed by atoms with Gasteiger partial charge in [-0.2, -0.15) is 4.31 Å². The van der Waals surface area contributed by atoms with Crippen molar-refractivity contribution in [2.24, 2.45) is 5.73 Å². The van der Waals surface area contributed by atoms with Crippen molar-refractivity contribution < 1.29 is 8.42 Å². The van der Waals surface area contributed by atoms with Gasteiger partial charge >= 0.3 is 0 Å². The molecule has 0 saturated carbocycles. The van der Waals surface area contributed by atoms with E-state index in [-0.39, 0.29) is 6.04 Å². The molecule has 1 aliphatic heterocycles. The van der Waals surface area contributed by atoms with Crippen LogP contribution in [0.4, 0.5) is 0 Å². The Balaban J connectivity index is 2.31. The maximum atomic E-state index is 12.7. The predicted octanol–water partition coefficient (Wildman–Crippen LogP) is 0.840. The van der Waals surface area contributed by atoms with Gasteiger partial charge in [-0.25, -0.2) is 8.42 Å². The molecule has 19 heavy (non-hydrogen) atoms. The number of nitrogens with two attached hydrogens (primary N) is 1. The van der Waals surface area contributed by atoms with Crippen molar-refractivity contribution in [3.8, 4) is 0 Å². The molecule has 108 valence electrons. The van der Waals surface area contributed by atoms with E-state index in [2.05, 4.69) is 4.90 Å². The summed E-state index contributed by atoms with van der Waals surface area (Å²) < 4.78 is 27.4. The fourth-order valence-electron chi connectivity index (χ4n) is 2.41. The number of hydrogen-bond donors (Lipinski definition) is 1. The van der Waals surface area contributed by atoms with Gasteiger partial charge in [-0.3, -0.25) is 0 Å². The number of thiophene rings is 1. The first kappa shape index (κ1) is 14.9. The number of piperazine rings is 1. The lowest BCUT2D eigenvalue weighted by atomic mass is 10.2. The monoisotopic (exact) mass is 303 g/mol. The summed E-state index contributed by atoms with van der Waals surface area (Å²) in [5, 5.41) is 0. The summed E-state index contributed by atoms with van der Waals surface area (Å²) >= 11 is 1.29. The summed E-state index contributed by atoms with van der Waals surface area (Å²) in [6, 6.07) is 1.75. The quantitative estimate of drug-likeness (QED) is 0.898. The minimum Gasteiger partial charge on any atom is -0.326 e. The molecule has 2 heterocycles. The molecular weight excluding hydrogens is 282 g/mol. The topological polar surface area (TPSA) is 66.6 Å². The second kappa shape index (κ2) is 5.49. The summed E-state index contributed by atoms with van der Waals surface area (Å²) in [6.45, 7) is 6.35. The molecule has 5 nitrogen and oxygen atoms in total. The minimum absolute atomic E-state index is 0.00693. The molecule has 0 radical (unpaired) electrons. The smallest absolute Gasteiger partial charge is 0.252 e. The fourth-order valence-corrected chi connectivity index (χ4v) is 5.63. The first-order valence-electron chi connectivity index (χ1n) is 6.36. The van der Waals surface area contributed by atoms with Crippen LogP contribution in [0.2, 0.25) is 0 Å². The van der Waals surface area contributed by atoms with E-state index >= 15 is 0 Å². The minimum atomic E-state index is -3.38. The molecule has 2 rings (SSSR count). The van der Waals surface area contributed by atoms with Crippen LogP contribution in [0.15, 0.2) is 10.3 Å². The van der Waals surface area contributed by atoms with E-state index in [1.165, 1.54) is 11.3 Å². The van der Waals surface area contributed by atoms with E-state index in [4.69, 9.17) is 5.73 Å². The Morgan fingerprint density at radius 2 is 2.16 bits per heavy atom. The van der Waals surface area contributed by atoms with Crippen molar-refractivity contribution in [3.63, 3.8) is 0 Å². The third kappa shape index (κ3) is 2.85. The molecule has 1 atom stereocenters. The van der Waals surface area contributed by atoms with Gasteiger partial charge < -0.3 is 10.6 Å². The standard InChI is InChI=1S/C12H21N3O2S2/c1-9-6-12(18-11(9)7-13)19(16,17)15-5-4-14(3)8-10(15)2/h6,10H,4-5,7-8,13H2,1-3H3. The molecule has 0 bridgehead atoms. The Kier molecular flexibility index (Phi) is 4.32. The van der Waals surface area contributed by atoms with Crippen LogP contribution in [-0.2, 0) is 16.6 Å². The summed E-state index contributed by atoms with van der Waals surface area (Å²) in [5.41, 5.74) is 6.59. The summed E-state index contributed by atoms with van der Waals surface area (Å²) in [4.78, 5) is 3.10. The summed E-state index contributed by atoms with van der Waals surface area (Å²) in [5.74, 6) is 0. The molecule has 2 N–H and O–H groups in total. The zero-order valence-corrected chi connectivity index (χ0v) is 13.2. The third-order valence-electron chi connectivity index (χ3n) is 3.52. The van der Waals surface area contributed by atoms with Crippen LogP contribution in [0, 0.1) is 6.92 Å². The summed E-state index contributed by atoms with van der Waals surface area (Å²) in [6.07, 6.45) is 0. The predicted molar refractivity (Wildman–Crippen MR) is 77.8 cm³/mol. The highest BCUT2D eigenvalue weighted by atomic mass is 32.2. The average molecular weight is 303 g/mol. The molecule has 0 aliphatic carbocycles. The van der Waals surface area contributed by atoms with Crippen LogP contribution in [0.3, 0.4) is 0 Å². The lowest BCUT2D eigenvalue weighted by molar-refractivity contribution is 0.170. The molecule has 0 aromatic carbocycles. The number of rotatable bonds is 3. The Bertz CT molecular complexity index is 553. The van der Waals surface area contributed by atoms with Gasteiger partial charge in [0.15, 0.2) is 0 Å². The molecule has 1 aromatic rings. The van der Waals surface area contributed by atoms with Crippen LogP contribution in [0.5, 0.6) is 0 Å². The Labute approximate surface area is 119 Å². The number of hydrogen-bond acceptors (Lipinski definition) is 5. The van der Waals surface area contributed by atoms with E-state index in [1.807, 2.05) is 20.9 Å². The maximum absolute atomic E-state index is 12.7. The zero-order chi connectivity index (χ0) is 14.2. The molecule has 1 saturated heterocycles. The van der Waals surface area contributed by atoms with Gasteiger partial charge in [0.25, 0.3) is 10.0 Å². The van der Waals surface area contributed by atoms with Crippen LogP contribution >= 0.6 is 11.3 Å². The van der Waals surface area contributed by atoms with Crippen molar-refractivity contribution in [2.75, 3.05) is 26.7 Å². The maximum Gasteiger partial charge on any atom is 0.252 e. The highest BCUT2D eigenvalue weighted by molar-refractivity contribution is 7.91. The van der Waals surface area contributed by atoms with Gasteiger partial charge in [0.2, 0.25) is 0 Å². The normalized spacial score (nSPS) is 22.8. The lowest BCUT2D eigenvalue weighted by Crippen LogP contribution is -2.52. The van der Waals surface area contributed by atoms with Crippen molar-refractivity contribution in [3.05, 3.63) is 16.5 Å². The van der Waals surface area contributed by atoms with Crippen molar-refractivity contribution >= 4 is 21.4 Å². The fraction of sp³-hybridized carbons (Fsp3) is 0.667. The molecular formula is C12H21N3O2S2. The molecule has 1 fully saturated rings. The van der Waals surface area contributed by atoms with E-state index in [0.29, 0.717) is 17.3 Å². The molecule has 0 amide bonds. The molecule has 0 spiro atoms. The Hall–Kier alpha value is -0.470. The molecule has 1 aromatic heterocycles. The number of aryl methyl sites for hydroxylation is 1. The Morgan fingerprint density at radius 1 is 1.47 bits per heavy atom.